The molecule has 0 aliphatic carbocycles. The highest BCUT2D eigenvalue weighted by Gasteiger charge is 2.38. The summed E-state index contributed by atoms with van der Waals surface area (Å²) >= 11 is 0. The predicted octanol–water partition coefficient (Wildman–Crippen LogP) is 0.334. The number of nitrogens with one attached hydrogen (secondary N) is 2. The lowest BCUT2D eigenvalue weighted by Gasteiger charge is -2.33. The van der Waals surface area contributed by atoms with Crippen LogP contribution in [0.3, 0.4) is 0 Å². The van der Waals surface area contributed by atoms with Gasteiger partial charge >= 0.3 is 5.97 Å². The SMILES string of the molecule is CCNC(=O)CNC(=O)COC(=O)[C@H]1CCCCN1S(=O)(=O)c1ccc(C)cc1. The summed E-state index contributed by atoms with van der Waals surface area (Å²) in [6.45, 7) is 3.46. The molecule has 0 radical (unpaired) electrons. The summed E-state index contributed by atoms with van der Waals surface area (Å²) in [5.41, 5.74) is 0.928. The molecule has 0 spiro atoms. The van der Waals surface area contributed by atoms with Crippen LogP contribution in [-0.4, -0.2) is 62.8 Å². The number of piperidine rings is 1. The first-order valence-corrected chi connectivity index (χ1v) is 11.0. The van der Waals surface area contributed by atoms with E-state index in [0.29, 0.717) is 25.8 Å². The molecule has 1 atom stereocenters. The average Bonchev–Trinajstić information content (AvgIpc) is 2.71. The Morgan fingerprint density at radius 3 is 2.45 bits per heavy atom. The molecule has 10 heteroatoms. The zero-order valence-electron chi connectivity index (χ0n) is 16.6. The number of sulfonamides is 1. The van der Waals surface area contributed by atoms with Crippen LogP contribution in [0, 0.1) is 6.92 Å². The van der Waals surface area contributed by atoms with E-state index >= 15 is 0 Å². The number of rotatable bonds is 8. The van der Waals surface area contributed by atoms with E-state index in [9.17, 15) is 22.8 Å². The van der Waals surface area contributed by atoms with Crippen molar-refractivity contribution in [2.24, 2.45) is 0 Å². The molecule has 9 nitrogen and oxygen atoms in total. The number of hydrogen-bond acceptors (Lipinski definition) is 6. The molecule has 2 N–H and O–H groups in total. The monoisotopic (exact) mass is 425 g/mol. The first-order valence-electron chi connectivity index (χ1n) is 9.54. The normalized spacial score (nSPS) is 17.4. The smallest absolute Gasteiger partial charge is 0.324 e. The van der Waals surface area contributed by atoms with Gasteiger partial charge in [-0.15, -0.1) is 0 Å². The van der Waals surface area contributed by atoms with Gasteiger partial charge in [-0.1, -0.05) is 17.7 Å². The van der Waals surface area contributed by atoms with Gasteiger partial charge < -0.3 is 15.4 Å². The molecule has 1 heterocycles. The highest BCUT2D eigenvalue weighted by atomic mass is 32.2. The number of carbonyl (C=O) groups is 3. The number of carbonyl (C=O) groups excluding carboxylic acids is 3. The highest BCUT2D eigenvalue weighted by Crippen LogP contribution is 2.26. The van der Waals surface area contributed by atoms with Gasteiger partial charge in [0.15, 0.2) is 6.61 Å². The molecular weight excluding hydrogens is 398 g/mol. The molecule has 1 aliphatic heterocycles. The van der Waals surface area contributed by atoms with E-state index in [-0.39, 0.29) is 23.9 Å². The van der Waals surface area contributed by atoms with E-state index in [0.717, 1.165) is 9.87 Å². The van der Waals surface area contributed by atoms with Crippen molar-refractivity contribution in [2.75, 3.05) is 26.2 Å². The van der Waals surface area contributed by atoms with Crippen LogP contribution in [0.1, 0.15) is 31.7 Å². The van der Waals surface area contributed by atoms with Gasteiger partial charge in [-0.25, -0.2) is 8.42 Å². The van der Waals surface area contributed by atoms with E-state index in [2.05, 4.69) is 10.6 Å². The Labute approximate surface area is 170 Å². The van der Waals surface area contributed by atoms with Gasteiger partial charge in [0, 0.05) is 13.1 Å². The fraction of sp³-hybridized carbons (Fsp3) is 0.526. The first kappa shape index (κ1) is 22.8. The van der Waals surface area contributed by atoms with Crippen molar-refractivity contribution in [3.8, 4) is 0 Å². The number of ether oxygens (including phenoxy) is 1. The molecule has 1 aromatic carbocycles. The number of esters is 1. The van der Waals surface area contributed by atoms with Gasteiger partial charge in [-0.2, -0.15) is 4.31 Å². The maximum Gasteiger partial charge on any atom is 0.324 e. The highest BCUT2D eigenvalue weighted by molar-refractivity contribution is 7.89. The molecule has 160 valence electrons. The molecule has 1 saturated heterocycles. The van der Waals surface area contributed by atoms with Gasteiger partial charge in [0.25, 0.3) is 5.91 Å². The maximum atomic E-state index is 13.0. The molecule has 2 amide bonds. The third-order valence-electron chi connectivity index (χ3n) is 4.52. The van der Waals surface area contributed by atoms with E-state index < -0.39 is 34.5 Å². The fourth-order valence-corrected chi connectivity index (χ4v) is 4.64. The van der Waals surface area contributed by atoms with Crippen molar-refractivity contribution >= 4 is 27.8 Å². The lowest BCUT2D eigenvalue weighted by atomic mass is 10.1. The average molecular weight is 426 g/mol. The minimum atomic E-state index is -3.86. The Morgan fingerprint density at radius 1 is 1.10 bits per heavy atom. The third kappa shape index (κ3) is 6.26. The molecule has 2 rings (SSSR count). The molecule has 29 heavy (non-hydrogen) atoms. The number of amides is 2. The van der Waals surface area contributed by atoms with Crippen LogP contribution < -0.4 is 10.6 Å². The Morgan fingerprint density at radius 2 is 1.79 bits per heavy atom. The Hall–Kier alpha value is -2.46. The maximum absolute atomic E-state index is 13.0. The Kier molecular flexibility index (Phi) is 8.15. The van der Waals surface area contributed by atoms with Crippen molar-refractivity contribution in [2.45, 2.75) is 44.0 Å². The van der Waals surface area contributed by atoms with E-state index in [1.807, 2.05) is 6.92 Å². The Balaban J connectivity index is 1.99. The molecule has 0 unspecified atom stereocenters. The van der Waals surface area contributed by atoms with Crippen molar-refractivity contribution < 1.29 is 27.5 Å². The quantitative estimate of drug-likeness (QED) is 0.579. The van der Waals surface area contributed by atoms with Crippen LogP contribution >= 0.6 is 0 Å². The predicted molar refractivity (Wildman–Crippen MR) is 105 cm³/mol. The van der Waals surface area contributed by atoms with E-state index in [4.69, 9.17) is 4.74 Å². The minimum Gasteiger partial charge on any atom is -0.454 e. The molecule has 1 fully saturated rings. The second-order valence-electron chi connectivity index (χ2n) is 6.78. The minimum absolute atomic E-state index is 0.113. The van der Waals surface area contributed by atoms with Gasteiger partial charge in [0.05, 0.1) is 11.4 Å². The lowest BCUT2D eigenvalue weighted by Crippen LogP contribution is -2.49. The van der Waals surface area contributed by atoms with Crippen LogP contribution in [-0.2, 0) is 29.1 Å². The van der Waals surface area contributed by atoms with Gasteiger partial charge in [0.2, 0.25) is 15.9 Å². The van der Waals surface area contributed by atoms with Crippen LogP contribution in [0.15, 0.2) is 29.2 Å². The molecule has 1 aliphatic rings. The second kappa shape index (κ2) is 10.4. The summed E-state index contributed by atoms with van der Waals surface area (Å²) in [5.74, 6) is -1.75. The van der Waals surface area contributed by atoms with Gasteiger partial charge in [-0.05, 0) is 45.2 Å². The zero-order valence-corrected chi connectivity index (χ0v) is 17.5. The Bertz CT molecular complexity index is 838. The number of likely N-dealkylation sites (N-methyl/N-ethyl adjacent to an activating group) is 1. The van der Waals surface area contributed by atoms with Crippen molar-refractivity contribution in [1.29, 1.82) is 0 Å². The zero-order chi connectivity index (χ0) is 21.4. The lowest BCUT2D eigenvalue weighted by molar-refractivity contribution is -0.153. The van der Waals surface area contributed by atoms with Crippen molar-refractivity contribution in [1.82, 2.24) is 14.9 Å². The summed E-state index contributed by atoms with van der Waals surface area (Å²) in [6.07, 6.45) is 1.65. The number of benzene rings is 1. The molecule has 0 aromatic heterocycles. The standard InChI is InChI=1S/C19H27N3O6S/c1-3-20-17(23)12-21-18(24)13-28-19(25)16-6-4-5-11-22(16)29(26,27)15-9-7-14(2)8-10-15/h7-10,16H,3-6,11-13H2,1-2H3,(H,20,23)(H,21,24)/t16-/m1/s1. The van der Waals surface area contributed by atoms with E-state index in [1.54, 1.807) is 19.1 Å². The number of aryl methyl sites for hydroxylation is 1. The van der Waals surface area contributed by atoms with Gasteiger partial charge in [0.1, 0.15) is 6.04 Å². The summed E-state index contributed by atoms with van der Waals surface area (Å²) in [5, 5.41) is 4.86. The largest absolute Gasteiger partial charge is 0.454 e. The molecule has 0 saturated carbocycles. The van der Waals surface area contributed by atoms with Crippen LogP contribution in [0.4, 0.5) is 0 Å². The molecular formula is C19H27N3O6S. The van der Waals surface area contributed by atoms with Crippen molar-refractivity contribution in [3.05, 3.63) is 29.8 Å². The van der Waals surface area contributed by atoms with Gasteiger partial charge in [-0.3, -0.25) is 14.4 Å². The van der Waals surface area contributed by atoms with E-state index in [1.165, 1.54) is 12.1 Å². The van der Waals surface area contributed by atoms with Crippen molar-refractivity contribution in [3.63, 3.8) is 0 Å². The summed E-state index contributed by atoms with van der Waals surface area (Å²) in [7, 11) is -3.86. The number of nitrogens with zero attached hydrogens (tertiary/aromatic N) is 1. The fourth-order valence-electron chi connectivity index (χ4n) is 3.00. The first-order chi connectivity index (χ1) is 13.8. The second-order valence-corrected chi connectivity index (χ2v) is 8.67. The van der Waals surface area contributed by atoms with Crippen LogP contribution in [0.2, 0.25) is 0 Å². The third-order valence-corrected chi connectivity index (χ3v) is 6.44. The summed E-state index contributed by atoms with van der Waals surface area (Å²) < 4.78 is 32.1. The summed E-state index contributed by atoms with van der Waals surface area (Å²) in [6, 6.07) is 5.44. The molecule has 0 bridgehead atoms. The van der Waals surface area contributed by atoms with Crippen LogP contribution in [0.25, 0.3) is 0 Å². The topological polar surface area (TPSA) is 122 Å². The molecule has 1 aromatic rings. The summed E-state index contributed by atoms with van der Waals surface area (Å²) in [4.78, 5) is 35.7. The number of hydrogen-bond donors (Lipinski definition) is 2. The van der Waals surface area contributed by atoms with Crippen LogP contribution in [0.5, 0.6) is 0 Å².